The standard InChI is InChI=1S/C18H12Cl2N2O3/c1-10(23)21-13-6-8-14(9-7-13)22-17(24)15(16(20)18(22)25)11-2-4-12(19)5-3-11/h2-9H,1H3,(H,21,23). The number of imide groups is 1. The molecular weight excluding hydrogens is 363 g/mol. The summed E-state index contributed by atoms with van der Waals surface area (Å²) >= 11 is 12.0. The zero-order valence-electron chi connectivity index (χ0n) is 13.0. The van der Waals surface area contributed by atoms with Crippen LogP contribution in [0.1, 0.15) is 12.5 Å². The number of benzene rings is 2. The highest BCUT2D eigenvalue weighted by molar-refractivity contribution is 6.60. The maximum absolute atomic E-state index is 12.7. The molecule has 0 radical (unpaired) electrons. The first-order valence-corrected chi connectivity index (χ1v) is 8.06. The van der Waals surface area contributed by atoms with E-state index >= 15 is 0 Å². The molecule has 1 N–H and O–H groups in total. The molecule has 0 saturated carbocycles. The minimum atomic E-state index is -0.594. The van der Waals surface area contributed by atoms with Gasteiger partial charge in [0.25, 0.3) is 11.8 Å². The Hall–Kier alpha value is -2.63. The van der Waals surface area contributed by atoms with Crippen LogP contribution in [0.3, 0.4) is 0 Å². The molecule has 7 heteroatoms. The Morgan fingerprint density at radius 2 is 1.52 bits per heavy atom. The minimum Gasteiger partial charge on any atom is -0.326 e. The number of hydrogen-bond acceptors (Lipinski definition) is 3. The summed E-state index contributed by atoms with van der Waals surface area (Å²) in [5, 5.41) is 2.99. The van der Waals surface area contributed by atoms with Gasteiger partial charge in [0.05, 0.1) is 11.3 Å². The SMILES string of the molecule is CC(=O)Nc1ccc(N2C(=O)C(Cl)=C(c3ccc(Cl)cc3)C2=O)cc1. The highest BCUT2D eigenvalue weighted by atomic mass is 35.5. The van der Waals surface area contributed by atoms with Crippen LogP contribution in [0.5, 0.6) is 0 Å². The molecule has 5 nitrogen and oxygen atoms in total. The number of rotatable bonds is 3. The van der Waals surface area contributed by atoms with Gasteiger partial charge < -0.3 is 5.32 Å². The fraction of sp³-hybridized carbons (Fsp3) is 0.0556. The number of hydrogen-bond donors (Lipinski definition) is 1. The Morgan fingerprint density at radius 3 is 2.08 bits per heavy atom. The summed E-state index contributed by atoms with van der Waals surface area (Å²) in [6.45, 7) is 1.39. The van der Waals surface area contributed by atoms with Crippen LogP contribution in [0, 0.1) is 0 Å². The highest BCUT2D eigenvalue weighted by Gasteiger charge is 2.39. The molecule has 0 fully saturated rings. The van der Waals surface area contributed by atoms with Gasteiger partial charge in [-0.1, -0.05) is 35.3 Å². The van der Waals surface area contributed by atoms with Gasteiger partial charge in [0.15, 0.2) is 0 Å². The number of carbonyl (C=O) groups excluding carboxylic acids is 3. The van der Waals surface area contributed by atoms with E-state index in [0.29, 0.717) is 22.0 Å². The van der Waals surface area contributed by atoms with E-state index in [1.807, 2.05) is 0 Å². The van der Waals surface area contributed by atoms with Gasteiger partial charge in [-0.25, -0.2) is 4.90 Å². The van der Waals surface area contributed by atoms with E-state index in [2.05, 4.69) is 5.32 Å². The van der Waals surface area contributed by atoms with Crippen LogP contribution in [0.25, 0.3) is 5.57 Å². The van der Waals surface area contributed by atoms with Crippen molar-refractivity contribution in [2.45, 2.75) is 6.92 Å². The van der Waals surface area contributed by atoms with E-state index in [0.717, 1.165) is 4.90 Å². The predicted octanol–water partition coefficient (Wildman–Crippen LogP) is 3.82. The first kappa shape index (κ1) is 17.2. The monoisotopic (exact) mass is 374 g/mol. The Balaban J connectivity index is 1.93. The summed E-state index contributed by atoms with van der Waals surface area (Å²) < 4.78 is 0. The van der Waals surface area contributed by atoms with Crippen molar-refractivity contribution >= 4 is 57.9 Å². The minimum absolute atomic E-state index is 0.134. The lowest BCUT2D eigenvalue weighted by Gasteiger charge is -2.15. The van der Waals surface area contributed by atoms with Crippen molar-refractivity contribution < 1.29 is 14.4 Å². The van der Waals surface area contributed by atoms with Crippen LogP contribution < -0.4 is 10.2 Å². The molecule has 2 aromatic rings. The average molecular weight is 375 g/mol. The van der Waals surface area contributed by atoms with E-state index < -0.39 is 11.8 Å². The van der Waals surface area contributed by atoms with Gasteiger partial charge in [-0.15, -0.1) is 0 Å². The van der Waals surface area contributed by atoms with Crippen molar-refractivity contribution in [1.29, 1.82) is 0 Å². The summed E-state index contributed by atoms with van der Waals surface area (Å²) in [5.74, 6) is -1.32. The average Bonchev–Trinajstić information content (AvgIpc) is 2.79. The quantitative estimate of drug-likeness (QED) is 0.830. The zero-order valence-corrected chi connectivity index (χ0v) is 14.6. The molecule has 1 aliphatic heterocycles. The molecular formula is C18H12Cl2N2O3. The summed E-state index contributed by atoms with van der Waals surface area (Å²) in [4.78, 5) is 37.2. The molecule has 0 aromatic heterocycles. The maximum atomic E-state index is 12.7. The van der Waals surface area contributed by atoms with Crippen LogP contribution in [0.4, 0.5) is 11.4 Å². The Kier molecular flexibility index (Phi) is 4.61. The van der Waals surface area contributed by atoms with Gasteiger partial charge in [-0.05, 0) is 42.0 Å². The van der Waals surface area contributed by atoms with Crippen molar-refractivity contribution in [3.8, 4) is 0 Å². The molecule has 0 atom stereocenters. The molecule has 3 amide bonds. The van der Waals surface area contributed by atoms with E-state index in [1.54, 1.807) is 48.5 Å². The van der Waals surface area contributed by atoms with Crippen LogP contribution in [0.2, 0.25) is 5.02 Å². The summed E-state index contributed by atoms with van der Waals surface area (Å²) in [5.41, 5.74) is 1.58. The Morgan fingerprint density at radius 1 is 0.920 bits per heavy atom. The molecule has 1 heterocycles. The molecule has 0 spiro atoms. The lowest BCUT2D eigenvalue weighted by molar-refractivity contribution is -0.120. The molecule has 0 bridgehead atoms. The van der Waals surface area contributed by atoms with Crippen LogP contribution >= 0.6 is 23.2 Å². The maximum Gasteiger partial charge on any atom is 0.277 e. The molecule has 1 aliphatic rings. The number of anilines is 2. The van der Waals surface area contributed by atoms with Crippen molar-refractivity contribution in [1.82, 2.24) is 0 Å². The highest BCUT2D eigenvalue weighted by Crippen LogP contribution is 2.35. The number of carbonyl (C=O) groups is 3. The molecule has 0 saturated heterocycles. The molecule has 25 heavy (non-hydrogen) atoms. The van der Waals surface area contributed by atoms with Gasteiger partial charge >= 0.3 is 0 Å². The van der Waals surface area contributed by atoms with Crippen molar-refractivity contribution in [3.63, 3.8) is 0 Å². The number of nitrogens with one attached hydrogen (secondary N) is 1. The number of amides is 3. The lowest BCUT2D eigenvalue weighted by atomic mass is 10.1. The second-order valence-corrected chi connectivity index (χ2v) is 6.18. The second kappa shape index (κ2) is 6.70. The fourth-order valence-corrected chi connectivity index (χ4v) is 2.90. The topological polar surface area (TPSA) is 66.5 Å². The predicted molar refractivity (Wildman–Crippen MR) is 97.5 cm³/mol. The largest absolute Gasteiger partial charge is 0.326 e. The van der Waals surface area contributed by atoms with Crippen molar-refractivity contribution in [2.75, 3.05) is 10.2 Å². The van der Waals surface area contributed by atoms with E-state index in [-0.39, 0.29) is 16.5 Å². The number of halogens is 2. The zero-order chi connectivity index (χ0) is 18.1. The van der Waals surface area contributed by atoms with E-state index in [1.165, 1.54) is 6.92 Å². The van der Waals surface area contributed by atoms with Crippen LogP contribution in [0.15, 0.2) is 53.6 Å². The first-order chi connectivity index (χ1) is 11.9. The van der Waals surface area contributed by atoms with Crippen molar-refractivity contribution in [3.05, 3.63) is 64.1 Å². The third-order valence-corrected chi connectivity index (χ3v) is 4.21. The lowest BCUT2D eigenvalue weighted by Crippen LogP contribution is -2.31. The van der Waals surface area contributed by atoms with Crippen LogP contribution in [-0.2, 0) is 14.4 Å². The third kappa shape index (κ3) is 3.29. The van der Waals surface area contributed by atoms with Gasteiger partial charge in [-0.3, -0.25) is 14.4 Å². The Bertz CT molecular complexity index is 903. The molecule has 126 valence electrons. The van der Waals surface area contributed by atoms with E-state index in [9.17, 15) is 14.4 Å². The van der Waals surface area contributed by atoms with Gasteiger partial charge in [0.1, 0.15) is 5.03 Å². The number of nitrogens with zero attached hydrogens (tertiary/aromatic N) is 1. The summed E-state index contributed by atoms with van der Waals surface area (Å²) in [6, 6.07) is 12.8. The Labute approximate surface area is 153 Å². The van der Waals surface area contributed by atoms with Crippen molar-refractivity contribution in [2.24, 2.45) is 0 Å². The normalized spacial score (nSPS) is 14.3. The smallest absolute Gasteiger partial charge is 0.277 e. The molecule has 0 aliphatic carbocycles. The fourth-order valence-electron chi connectivity index (χ4n) is 2.50. The van der Waals surface area contributed by atoms with Gasteiger partial charge in [0.2, 0.25) is 5.91 Å². The molecule has 3 rings (SSSR count). The molecule has 0 unspecified atom stereocenters. The summed E-state index contributed by atoms with van der Waals surface area (Å²) in [6.07, 6.45) is 0. The third-order valence-electron chi connectivity index (χ3n) is 3.61. The molecule has 2 aromatic carbocycles. The van der Waals surface area contributed by atoms with E-state index in [4.69, 9.17) is 23.2 Å². The second-order valence-electron chi connectivity index (χ2n) is 5.37. The summed E-state index contributed by atoms with van der Waals surface area (Å²) in [7, 11) is 0. The first-order valence-electron chi connectivity index (χ1n) is 7.30. The van der Waals surface area contributed by atoms with Gasteiger partial charge in [-0.2, -0.15) is 0 Å². The van der Waals surface area contributed by atoms with Gasteiger partial charge in [0, 0.05) is 17.6 Å². The van der Waals surface area contributed by atoms with Crippen LogP contribution in [-0.4, -0.2) is 17.7 Å².